The molecule has 0 fully saturated rings. The third kappa shape index (κ3) is 3.18. The van der Waals surface area contributed by atoms with Gasteiger partial charge in [0.05, 0.1) is 15.9 Å². The first kappa shape index (κ1) is 10.8. The Hall–Kier alpha value is -0.240. The Bertz CT molecular complexity index is 442. The standard InChI is InChI=1S/C6H9NO3S3/c1-5-4-12-6(11)7(5)2-3-13(8,9)10/h4H,2-3H2,1H3,(H,8,9,10)/p-1. The van der Waals surface area contributed by atoms with Gasteiger partial charge in [-0.2, -0.15) is 0 Å². The lowest BCUT2D eigenvalue weighted by atomic mass is 10.5. The fourth-order valence-electron chi connectivity index (χ4n) is 0.878. The summed E-state index contributed by atoms with van der Waals surface area (Å²) in [6.07, 6.45) is 0. The first-order valence-corrected chi connectivity index (χ1v) is 6.35. The van der Waals surface area contributed by atoms with Crippen molar-refractivity contribution >= 4 is 33.7 Å². The van der Waals surface area contributed by atoms with Gasteiger partial charge in [-0.15, -0.1) is 11.3 Å². The molecule has 1 heterocycles. The lowest BCUT2D eigenvalue weighted by Gasteiger charge is -2.08. The van der Waals surface area contributed by atoms with E-state index in [0.717, 1.165) is 5.69 Å². The largest absolute Gasteiger partial charge is 0.748 e. The maximum atomic E-state index is 10.3. The quantitative estimate of drug-likeness (QED) is 0.585. The predicted molar refractivity (Wildman–Crippen MR) is 52.4 cm³/mol. The number of thiazole rings is 1. The average Bonchev–Trinajstić information content (AvgIpc) is 2.27. The Labute approximate surface area is 85.6 Å². The highest BCUT2D eigenvalue weighted by Crippen LogP contribution is 2.09. The zero-order valence-electron chi connectivity index (χ0n) is 6.89. The van der Waals surface area contributed by atoms with Crippen LogP contribution < -0.4 is 0 Å². The van der Waals surface area contributed by atoms with Crippen LogP contribution in [0.3, 0.4) is 0 Å². The molecule has 0 saturated carbocycles. The van der Waals surface area contributed by atoms with E-state index in [0.29, 0.717) is 3.95 Å². The molecule has 1 aromatic heterocycles. The Kier molecular flexibility index (Phi) is 3.23. The molecule has 0 spiro atoms. The van der Waals surface area contributed by atoms with E-state index in [9.17, 15) is 13.0 Å². The molecule has 0 aliphatic carbocycles. The molecule has 74 valence electrons. The molecular formula is C6H8NO3S3-. The zero-order chi connectivity index (χ0) is 10.1. The number of nitrogens with zero attached hydrogens (tertiary/aromatic N) is 1. The molecule has 0 atom stereocenters. The van der Waals surface area contributed by atoms with Crippen molar-refractivity contribution in [2.24, 2.45) is 0 Å². The van der Waals surface area contributed by atoms with Gasteiger partial charge in [0.1, 0.15) is 0 Å². The molecule has 0 saturated heterocycles. The highest BCUT2D eigenvalue weighted by molar-refractivity contribution is 7.85. The van der Waals surface area contributed by atoms with E-state index in [1.165, 1.54) is 11.3 Å². The van der Waals surface area contributed by atoms with Gasteiger partial charge in [-0.3, -0.25) is 0 Å². The average molecular weight is 238 g/mol. The van der Waals surface area contributed by atoms with Gasteiger partial charge >= 0.3 is 0 Å². The smallest absolute Gasteiger partial charge is 0.161 e. The fraction of sp³-hybridized carbons (Fsp3) is 0.500. The zero-order valence-corrected chi connectivity index (χ0v) is 9.34. The summed E-state index contributed by atoms with van der Waals surface area (Å²) in [6, 6.07) is 0. The fourth-order valence-corrected chi connectivity index (χ4v) is 2.42. The van der Waals surface area contributed by atoms with Crippen molar-refractivity contribution in [1.29, 1.82) is 0 Å². The first-order valence-electron chi connectivity index (χ1n) is 3.48. The Balaban J connectivity index is 2.82. The van der Waals surface area contributed by atoms with Gasteiger partial charge < -0.3 is 9.12 Å². The van der Waals surface area contributed by atoms with Gasteiger partial charge in [0.25, 0.3) is 0 Å². The van der Waals surface area contributed by atoms with Gasteiger partial charge in [-0.05, 0) is 19.1 Å². The summed E-state index contributed by atoms with van der Waals surface area (Å²) in [6.45, 7) is 1.98. The monoisotopic (exact) mass is 238 g/mol. The summed E-state index contributed by atoms with van der Waals surface area (Å²) >= 11 is 6.31. The maximum absolute atomic E-state index is 10.3. The van der Waals surface area contributed by atoms with E-state index in [2.05, 4.69) is 0 Å². The van der Waals surface area contributed by atoms with Crippen LogP contribution in [0, 0.1) is 10.9 Å². The minimum atomic E-state index is -4.15. The lowest BCUT2D eigenvalue weighted by Crippen LogP contribution is -2.12. The van der Waals surface area contributed by atoms with Crippen LogP contribution in [0.25, 0.3) is 0 Å². The van der Waals surface area contributed by atoms with E-state index in [1.807, 2.05) is 12.3 Å². The number of hydrogen-bond donors (Lipinski definition) is 0. The van der Waals surface area contributed by atoms with E-state index in [4.69, 9.17) is 12.2 Å². The number of hydrogen-bond acceptors (Lipinski definition) is 5. The number of aryl methyl sites for hydroxylation is 1. The van der Waals surface area contributed by atoms with Crippen LogP contribution in [0.15, 0.2) is 5.38 Å². The summed E-state index contributed by atoms with van der Waals surface area (Å²) in [4.78, 5) is 0. The third-order valence-corrected chi connectivity index (χ3v) is 3.61. The molecule has 13 heavy (non-hydrogen) atoms. The van der Waals surface area contributed by atoms with Crippen LogP contribution in [0.2, 0.25) is 0 Å². The first-order chi connectivity index (χ1) is 5.90. The topological polar surface area (TPSA) is 62.1 Å². The molecule has 4 nitrogen and oxygen atoms in total. The highest BCUT2D eigenvalue weighted by Gasteiger charge is 2.01. The van der Waals surface area contributed by atoms with Crippen molar-refractivity contribution in [3.05, 3.63) is 15.0 Å². The molecule has 0 amide bonds. The van der Waals surface area contributed by atoms with Crippen molar-refractivity contribution in [2.75, 3.05) is 5.75 Å². The van der Waals surface area contributed by atoms with E-state index in [-0.39, 0.29) is 6.54 Å². The Morgan fingerprint density at radius 2 is 2.31 bits per heavy atom. The summed E-state index contributed by atoms with van der Waals surface area (Å²) in [5.74, 6) is -0.404. The van der Waals surface area contributed by atoms with Gasteiger partial charge in [0.15, 0.2) is 3.95 Å². The molecule has 0 aliphatic heterocycles. The normalized spacial score (nSPS) is 11.8. The van der Waals surface area contributed by atoms with E-state index < -0.39 is 15.9 Å². The molecule has 7 heteroatoms. The second-order valence-electron chi connectivity index (χ2n) is 2.56. The van der Waals surface area contributed by atoms with Crippen molar-refractivity contribution in [3.8, 4) is 0 Å². The molecule has 0 aromatic carbocycles. The summed E-state index contributed by atoms with van der Waals surface area (Å²) in [7, 11) is -4.15. The molecule has 0 radical (unpaired) electrons. The van der Waals surface area contributed by atoms with Crippen LogP contribution in [0.4, 0.5) is 0 Å². The summed E-state index contributed by atoms with van der Waals surface area (Å²) < 4.78 is 33.3. The molecule has 0 bridgehead atoms. The van der Waals surface area contributed by atoms with Gasteiger partial charge in [0, 0.05) is 17.6 Å². The van der Waals surface area contributed by atoms with Crippen molar-refractivity contribution in [3.63, 3.8) is 0 Å². The van der Waals surface area contributed by atoms with E-state index >= 15 is 0 Å². The van der Waals surface area contributed by atoms with Gasteiger partial charge in [-0.25, -0.2) is 8.42 Å². The van der Waals surface area contributed by atoms with Crippen LogP contribution >= 0.6 is 23.6 Å². The van der Waals surface area contributed by atoms with Crippen LogP contribution in [0.5, 0.6) is 0 Å². The van der Waals surface area contributed by atoms with E-state index in [1.54, 1.807) is 4.57 Å². The van der Waals surface area contributed by atoms with Crippen molar-refractivity contribution < 1.29 is 13.0 Å². The predicted octanol–water partition coefficient (Wildman–Crippen LogP) is 1.13. The van der Waals surface area contributed by atoms with Crippen molar-refractivity contribution in [1.82, 2.24) is 4.57 Å². The van der Waals surface area contributed by atoms with Crippen molar-refractivity contribution in [2.45, 2.75) is 13.5 Å². The minimum absolute atomic E-state index is 0.153. The number of rotatable bonds is 3. The van der Waals surface area contributed by atoms with Gasteiger partial charge in [-0.1, -0.05) is 0 Å². The Morgan fingerprint density at radius 1 is 1.69 bits per heavy atom. The lowest BCUT2D eigenvalue weighted by molar-refractivity contribution is 0.458. The third-order valence-electron chi connectivity index (χ3n) is 1.54. The highest BCUT2D eigenvalue weighted by atomic mass is 32.2. The Morgan fingerprint density at radius 3 is 2.69 bits per heavy atom. The second-order valence-corrected chi connectivity index (χ2v) is 5.58. The molecular weight excluding hydrogens is 230 g/mol. The molecule has 1 aromatic rings. The molecule has 0 unspecified atom stereocenters. The second kappa shape index (κ2) is 3.87. The maximum Gasteiger partial charge on any atom is 0.161 e. The van der Waals surface area contributed by atoms with Crippen LogP contribution in [-0.4, -0.2) is 23.3 Å². The van der Waals surface area contributed by atoms with Crippen LogP contribution in [0.1, 0.15) is 5.69 Å². The van der Waals surface area contributed by atoms with Gasteiger partial charge in [0.2, 0.25) is 0 Å². The molecule has 1 rings (SSSR count). The number of aromatic nitrogens is 1. The summed E-state index contributed by atoms with van der Waals surface area (Å²) in [5.41, 5.74) is 0.888. The minimum Gasteiger partial charge on any atom is -0.748 e. The van der Waals surface area contributed by atoms with Crippen LogP contribution in [-0.2, 0) is 16.7 Å². The molecule has 0 N–H and O–H groups in total. The molecule has 0 aliphatic rings. The SMILES string of the molecule is Cc1csc(=S)n1CCS(=O)(=O)[O-]. The summed E-state index contributed by atoms with van der Waals surface area (Å²) in [5, 5.41) is 1.83.